The van der Waals surface area contributed by atoms with Crippen molar-refractivity contribution < 1.29 is 14.3 Å². The van der Waals surface area contributed by atoms with Gasteiger partial charge in [-0.3, -0.25) is 14.6 Å². The summed E-state index contributed by atoms with van der Waals surface area (Å²) in [7, 11) is 3.43. The van der Waals surface area contributed by atoms with Gasteiger partial charge in [0.2, 0.25) is 0 Å². The Morgan fingerprint density at radius 1 is 1.23 bits per heavy atom. The maximum atomic E-state index is 11.6. The number of rotatable bonds is 8. The second-order valence-corrected chi connectivity index (χ2v) is 6.08. The first-order valence-corrected chi connectivity index (χ1v) is 8.54. The number of aldehydes is 1. The summed E-state index contributed by atoms with van der Waals surface area (Å²) in [6.45, 7) is 5.20. The van der Waals surface area contributed by atoms with Crippen LogP contribution in [0.15, 0.2) is 24.4 Å². The Bertz CT molecular complexity index is 786. The van der Waals surface area contributed by atoms with E-state index in [0.29, 0.717) is 36.6 Å². The standard InChI is InChI=1S/C20H25N3O3/c1-13-14(2)19(26-8-7-21-3)17(12-24)10-16(13)9-15-5-6-18(23-11-15)20(25)22-4/h5-6,10-12,21H,7-9H2,1-4H3,(H,22,25). The number of amides is 1. The first-order valence-electron chi connectivity index (χ1n) is 8.54. The van der Waals surface area contributed by atoms with Gasteiger partial charge in [-0.15, -0.1) is 0 Å². The van der Waals surface area contributed by atoms with Crippen LogP contribution in [0, 0.1) is 13.8 Å². The molecule has 1 amide bonds. The molecule has 6 nitrogen and oxygen atoms in total. The molecule has 6 heteroatoms. The van der Waals surface area contributed by atoms with Crippen LogP contribution >= 0.6 is 0 Å². The molecule has 2 rings (SSSR count). The predicted octanol–water partition coefficient (Wildman–Crippen LogP) is 2.06. The van der Waals surface area contributed by atoms with Crippen molar-refractivity contribution in [2.45, 2.75) is 20.3 Å². The highest BCUT2D eigenvalue weighted by Crippen LogP contribution is 2.29. The summed E-state index contributed by atoms with van der Waals surface area (Å²) in [4.78, 5) is 27.3. The fraction of sp³-hybridized carbons (Fsp3) is 0.350. The quantitative estimate of drug-likeness (QED) is 0.560. The van der Waals surface area contributed by atoms with E-state index in [1.54, 1.807) is 19.3 Å². The molecule has 0 aliphatic carbocycles. The van der Waals surface area contributed by atoms with Crippen LogP contribution in [0.3, 0.4) is 0 Å². The largest absolute Gasteiger partial charge is 0.491 e. The Morgan fingerprint density at radius 3 is 2.58 bits per heavy atom. The van der Waals surface area contributed by atoms with Gasteiger partial charge in [0, 0.05) is 19.8 Å². The van der Waals surface area contributed by atoms with E-state index in [-0.39, 0.29) is 5.91 Å². The number of carbonyl (C=O) groups is 2. The summed E-state index contributed by atoms with van der Waals surface area (Å²) in [6.07, 6.45) is 3.15. The molecule has 2 N–H and O–H groups in total. The monoisotopic (exact) mass is 355 g/mol. The third kappa shape index (κ3) is 4.46. The average molecular weight is 355 g/mol. The normalized spacial score (nSPS) is 10.5. The van der Waals surface area contributed by atoms with Gasteiger partial charge in [0.05, 0.1) is 5.56 Å². The van der Waals surface area contributed by atoms with Crippen molar-refractivity contribution in [1.82, 2.24) is 15.6 Å². The Hall–Kier alpha value is -2.73. The Labute approximate surface area is 154 Å². The van der Waals surface area contributed by atoms with Crippen LogP contribution in [0.2, 0.25) is 0 Å². The van der Waals surface area contributed by atoms with Crippen molar-refractivity contribution in [3.05, 3.63) is 57.9 Å². The molecule has 138 valence electrons. The highest BCUT2D eigenvalue weighted by Gasteiger charge is 2.14. The molecule has 0 fully saturated rings. The van der Waals surface area contributed by atoms with E-state index in [2.05, 4.69) is 15.6 Å². The second kappa shape index (κ2) is 9.10. The lowest BCUT2D eigenvalue weighted by Crippen LogP contribution is -2.19. The summed E-state index contributed by atoms with van der Waals surface area (Å²) in [5, 5.41) is 5.57. The molecule has 0 bridgehead atoms. The van der Waals surface area contributed by atoms with Crippen molar-refractivity contribution in [1.29, 1.82) is 0 Å². The first kappa shape index (κ1) is 19.6. The van der Waals surface area contributed by atoms with Crippen LogP contribution < -0.4 is 15.4 Å². The number of pyridine rings is 1. The number of nitrogens with zero attached hydrogens (tertiary/aromatic N) is 1. The average Bonchev–Trinajstić information content (AvgIpc) is 2.67. The maximum absolute atomic E-state index is 11.6. The number of hydrogen-bond donors (Lipinski definition) is 2. The van der Waals surface area contributed by atoms with Crippen LogP contribution in [-0.4, -0.2) is 44.4 Å². The van der Waals surface area contributed by atoms with Crippen LogP contribution in [0.1, 0.15) is 43.1 Å². The number of benzene rings is 1. The number of ether oxygens (including phenoxy) is 1. The van der Waals surface area contributed by atoms with E-state index in [9.17, 15) is 9.59 Å². The summed E-state index contributed by atoms with van der Waals surface area (Å²) in [5.74, 6) is 0.430. The fourth-order valence-corrected chi connectivity index (χ4v) is 2.72. The van der Waals surface area contributed by atoms with Gasteiger partial charge in [-0.2, -0.15) is 0 Å². The van der Waals surface area contributed by atoms with Crippen LogP contribution in [0.25, 0.3) is 0 Å². The molecule has 0 saturated heterocycles. The van der Waals surface area contributed by atoms with Gasteiger partial charge in [-0.05, 0) is 61.7 Å². The van der Waals surface area contributed by atoms with Crippen LogP contribution in [0.5, 0.6) is 5.75 Å². The number of nitrogens with one attached hydrogen (secondary N) is 2. The minimum Gasteiger partial charge on any atom is -0.491 e. The summed E-state index contributed by atoms with van der Waals surface area (Å²) in [6, 6.07) is 5.45. The third-order valence-electron chi connectivity index (χ3n) is 4.38. The van der Waals surface area contributed by atoms with Crippen LogP contribution in [0.4, 0.5) is 0 Å². The molecular weight excluding hydrogens is 330 g/mol. The first-order chi connectivity index (χ1) is 12.5. The Balaban J connectivity index is 2.28. The molecule has 0 aliphatic heterocycles. The molecule has 0 radical (unpaired) electrons. The topological polar surface area (TPSA) is 80.3 Å². The smallest absolute Gasteiger partial charge is 0.269 e. The van der Waals surface area contributed by atoms with E-state index >= 15 is 0 Å². The summed E-state index contributed by atoms with van der Waals surface area (Å²) < 4.78 is 5.79. The van der Waals surface area contributed by atoms with Crippen molar-refractivity contribution in [3.8, 4) is 5.75 Å². The molecule has 1 aromatic heterocycles. The van der Waals surface area contributed by atoms with Gasteiger partial charge in [0.25, 0.3) is 5.91 Å². The maximum Gasteiger partial charge on any atom is 0.269 e. The molecule has 0 spiro atoms. The lowest BCUT2D eigenvalue weighted by Gasteiger charge is -2.17. The van der Waals surface area contributed by atoms with E-state index in [4.69, 9.17) is 4.74 Å². The van der Waals surface area contributed by atoms with Gasteiger partial charge in [0.15, 0.2) is 6.29 Å². The molecular formula is C20H25N3O3. The number of carbonyl (C=O) groups excluding carboxylic acids is 2. The molecule has 0 unspecified atom stereocenters. The number of hydrogen-bond acceptors (Lipinski definition) is 5. The van der Waals surface area contributed by atoms with E-state index in [0.717, 1.165) is 28.5 Å². The van der Waals surface area contributed by atoms with Crippen LogP contribution in [-0.2, 0) is 6.42 Å². The van der Waals surface area contributed by atoms with E-state index < -0.39 is 0 Å². The van der Waals surface area contributed by atoms with Gasteiger partial charge < -0.3 is 15.4 Å². The van der Waals surface area contributed by atoms with Crippen molar-refractivity contribution in [3.63, 3.8) is 0 Å². The Kier molecular flexibility index (Phi) is 6.86. The molecule has 0 aliphatic rings. The SMILES string of the molecule is CNCCOc1c(C=O)cc(Cc2ccc(C(=O)NC)nc2)c(C)c1C. The minimum absolute atomic E-state index is 0.213. The third-order valence-corrected chi connectivity index (χ3v) is 4.38. The number of likely N-dealkylation sites (N-methyl/N-ethyl adjacent to an activating group) is 1. The highest BCUT2D eigenvalue weighted by molar-refractivity contribution is 5.91. The lowest BCUT2D eigenvalue weighted by atomic mass is 9.94. The van der Waals surface area contributed by atoms with Crippen molar-refractivity contribution >= 4 is 12.2 Å². The Morgan fingerprint density at radius 2 is 2.00 bits per heavy atom. The van der Waals surface area contributed by atoms with Gasteiger partial charge >= 0.3 is 0 Å². The molecule has 2 aromatic rings. The zero-order valence-corrected chi connectivity index (χ0v) is 15.7. The molecule has 26 heavy (non-hydrogen) atoms. The van der Waals surface area contributed by atoms with Gasteiger partial charge in [-0.1, -0.05) is 6.07 Å². The van der Waals surface area contributed by atoms with Gasteiger partial charge in [-0.25, -0.2) is 0 Å². The molecule has 0 saturated carbocycles. The zero-order valence-electron chi connectivity index (χ0n) is 15.7. The van der Waals surface area contributed by atoms with Crippen molar-refractivity contribution in [2.75, 3.05) is 27.2 Å². The lowest BCUT2D eigenvalue weighted by molar-refractivity contribution is 0.0958. The molecule has 1 heterocycles. The van der Waals surface area contributed by atoms with E-state index in [1.165, 1.54) is 0 Å². The molecule has 0 atom stereocenters. The fourth-order valence-electron chi connectivity index (χ4n) is 2.72. The van der Waals surface area contributed by atoms with E-state index in [1.807, 2.05) is 33.0 Å². The number of aromatic nitrogens is 1. The van der Waals surface area contributed by atoms with Crippen molar-refractivity contribution in [2.24, 2.45) is 0 Å². The minimum atomic E-state index is -0.213. The molecule has 1 aromatic carbocycles. The zero-order chi connectivity index (χ0) is 19.1. The second-order valence-electron chi connectivity index (χ2n) is 6.08. The highest BCUT2D eigenvalue weighted by atomic mass is 16.5. The summed E-state index contributed by atoms with van der Waals surface area (Å²) >= 11 is 0. The van der Waals surface area contributed by atoms with Gasteiger partial charge in [0.1, 0.15) is 18.1 Å². The predicted molar refractivity (Wildman–Crippen MR) is 101 cm³/mol. The summed E-state index contributed by atoms with van der Waals surface area (Å²) in [5.41, 5.74) is 5.00.